The molecule has 2 bridgehead atoms. The first kappa shape index (κ1) is 28.5. The van der Waals surface area contributed by atoms with Gasteiger partial charge in [-0.2, -0.15) is 0 Å². The lowest BCUT2D eigenvalue weighted by atomic mass is 9.83. The van der Waals surface area contributed by atoms with E-state index in [9.17, 15) is 20.1 Å². The van der Waals surface area contributed by atoms with Crippen LogP contribution >= 0.6 is 0 Å². The van der Waals surface area contributed by atoms with Crippen molar-refractivity contribution < 1.29 is 29.6 Å². The van der Waals surface area contributed by atoms with E-state index in [1.165, 1.54) is 13.0 Å². The molecule has 0 saturated carbocycles. The van der Waals surface area contributed by atoms with Gasteiger partial charge in [-0.05, 0) is 51.4 Å². The van der Waals surface area contributed by atoms with Gasteiger partial charge in [0.15, 0.2) is 0 Å². The number of carbonyl (C=O) groups excluding carboxylic acids is 1. The third-order valence-electron chi connectivity index (χ3n) is 7.02. The minimum Gasteiger partial charge on any atom is -0.459 e. The van der Waals surface area contributed by atoms with Gasteiger partial charge in [0.2, 0.25) is 5.79 Å². The lowest BCUT2D eigenvalue weighted by Gasteiger charge is -2.45. The van der Waals surface area contributed by atoms with Crippen molar-refractivity contribution in [1.82, 2.24) is 0 Å². The van der Waals surface area contributed by atoms with E-state index in [1.54, 1.807) is 12.2 Å². The predicted octanol–water partition coefficient (Wildman–Crippen LogP) is 4.60. The Morgan fingerprint density at radius 3 is 2.53 bits per heavy atom. The molecule has 2 aliphatic heterocycles. The summed E-state index contributed by atoms with van der Waals surface area (Å²) in [6, 6.07) is 0. The average Bonchev–Trinajstić information content (AvgIpc) is 2.70. The largest absolute Gasteiger partial charge is 0.459 e. The molecule has 0 amide bonds. The fourth-order valence-electron chi connectivity index (χ4n) is 4.48. The number of aliphatic hydroxyl groups excluding tert-OH is 1. The number of carbonyl (C=O) groups is 1. The maximum absolute atomic E-state index is 12.7. The van der Waals surface area contributed by atoms with Crippen LogP contribution in [-0.4, -0.2) is 51.0 Å². The number of allylic oxidation sites excluding steroid dienone is 1. The highest BCUT2D eigenvalue weighted by molar-refractivity contribution is 5.83. The Hall–Kier alpha value is -1.73. The third kappa shape index (κ3) is 7.64. The number of hydrogen-bond donors (Lipinski definition) is 3. The van der Waals surface area contributed by atoms with Crippen LogP contribution in [0.3, 0.4) is 0 Å². The molecule has 3 N–H and O–H groups in total. The summed E-state index contributed by atoms with van der Waals surface area (Å²) in [6.45, 7) is 15.4. The Labute approximate surface area is 205 Å². The lowest BCUT2D eigenvalue weighted by molar-refractivity contribution is -0.305. The molecule has 0 aliphatic carbocycles. The zero-order valence-corrected chi connectivity index (χ0v) is 21.7. The summed E-state index contributed by atoms with van der Waals surface area (Å²) >= 11 is 0. The highest BCUT2D eigenvalue weighted by atomic mass is 16.6. The molecule has 0 aromatic heterocycles. The Morgan fingerprint density at radius 1 is 1.21 bits per heavy atom. The topological polar surface area (TPSA) is 96.2 Å². The fraction of sp³-hybridized carbons (Fsp3) is 0.679. The molecule has 34 heavy (non-hydrogen) atoms. The van der Waals surface area contributed by atoms with Crippen LogP contribution < -0.4 is 0 Å². The maximum atomic E-state index is 12.7. The SMILES string of the molecule is C=C1C[C@@H]2C/C=C/[C@H](O)[C@H](C)/C(C)=C/C(=O)O[C@H](CC(C)C)[C@H](C)C/C=C/[C@@](C)(O)[C@](O)(C1)O2. The first-order valence-electron chi connectivity index (χ1n) is 12.4. The van der Waals surface area contributed by atoms with Crippen molar-refractivity contribution in [3.8, 4) is 0 Å². The molecule has 2 heterocycles. The van der Waals surface area contributed by atoms with Gasteiger partial charge >= 0.3 is 5.97 Å². The Kier molecular flexibility index (Phi) is 9.90. The number of esters is 1. The normalized spacial score (nSPS) is 42.2. The van der Waals surface area contributed by atoms with Crippen LogP contribution in [0.5, 0.6) is 0 Å². The zero-order chi connectivity index (χ0) is 25.7. The van der Waals surface area contributed by atoms with Crippen molar-refractivity contribution in [2.75, 3.05) is 0 Å². The van der Waals surface area contributed by atoms with Crippen molar-refractivity contribution in [1.29, 1.82) is 0 Å². The summed E-state index contributed by atoms with van der Waals surface area (Å²) < 4.78 is 11.8. The molecule has 192 valence electrons. The van der Waals surface area contributed by atoms with Crippen LogP contribution in [0.4, 0.5) is 0 Å². The van der Waals surface area contributed by atoms with Crippen LogP contribution in [0.15, 0.2) is 48.1 Å². The molecule has 2 rings (SSSR count). The summed E-state index contributed by atoms with van der Waals surface area (Å²) in [4.78, 5) is 12.7. The molecule has 6 nitrogen and oxygen atoms in total. The van der Waals surface area contributed by atoms with E-state index in [1.807, 2.05) is 32.9 Å². The number of ether oxygens (including phenoxy) is 2. The molecule has 6 heteroatoms. The number of cyclic esters (lactones) is 1. The van der Waals surface area contributed by atoms with Crippen LogP contribution in [0.1, 0.15) is 73.6 Å². The molecule has 0 unspecified atom stereocenters. The maximum Gasteiger partial charge on any atom is 0.330 e. The fourth-order valence-corrected chi connectivity index (χ4v) is 4.48. The molecule has 0 aromatic carbocycles. The average molecular weight is 477 g/mol. The van der Waals surface area contributed by atoms with E-state index in [0.29, 0.717) is 31.6 Å². The molecular weight excluding hydrogens is 432 g/mol. The minimum atomic E-state index is -1.80. The third-order valence-corrected chi connectivity index (χ3v) is 7.02. The van der Waals surface area contributed by atoms with Gasteiger partial charge in [-0.3, -0.25) is 0 Å². The summed E-state index contributed by atoms with van der Waals surface area (Å²) in [6.07, 6.45) is 9.31. The quantitative estimate of drug-likeness (QED) is 0.398. The lowest BCUT2D eigenvalue weighted by Crippen LogP contribution is -2.56. The molecule has 1 fully saturated rings. The van der Waals surface area contributed by atoms with Crippen LogP contribution in [0.25, 0.3) is 0 Å². The molecule has 1 saturated heterocycles. The van der Waals surface area contributed by atoms with E-state index in [-0.39, 0.29) is 30.5 Å². The second-order valence-corrected chi connectivity index (χ2v) is 10.9. The van der Waals surface area contributed by atoms with Gasteiger partial charge in [-0.15, -0.1) is 0 Å². The van der Waals surface area contributed by atoms with Gasteiger partial charge in [0.05, 0.1) is 12.2 Å². The van der Waals surface area contributed by atoms with E-state index in [0.717, 1.165) is 11.1 Å². The Bertz CT molecular complexity index is 808. The van der Waals surface area contributed by atoms with Crippen molar-refractivity contribution in [2.24, 2.45) is 17.8 Å². The first-order valence-corrected chi connectivity index (χ1v) is 12.4. The van der Waals surface area contributed by atoms with E-state index >= 15 is 0 Å². The van der Waals surface area contributed by atoms with Gasteiger partial charge in [0.1, 0.15) is 11.7 Å². The summed E-state index contributed by atoms with van der Waals surface area (Å²) in [5.74, 6) is -2.15. The smallest absolute Gasteiger partial charge is 0.330 e. The number of aliphatic hydroxyl groups is 3. The van der Waals surface area contributed by atoms with Crippen molar-refractivity contribution in [3.05, 3.63) is 48.1 Å². The Morgan fingerprint density at radius 2 is 1.88 bits per heavy atom. The monoisotopic (exact) mass is 476 g/mol. The molecule has 7 atom stereocenters. The van der Waals surface area contributed by atoms with Crippen molar-refractivity contribution in [2.45, 2.75) is 103 Å². The van der Waals surface area contributed by atoms with Crippen molar-refractivity contribution >= 4 is 5.97 Å². The van der Waals surface area contributed by atoms with Crippen LogP contribution in [-0.2, 0) is 14.3 Å². The van der Waals surface area contributed by atoms with Gasteiger partial charge in [-0.25, -0.2) is 4.79 Å². The van der Waals surface area contributed by atoms with Crippen molar-refractivity contribution in [3.63, 3.8) is 0 Å². The van der Waals surface area contributed by atoms with Gasteiger partial charge in [0, 0.05) is 18.4 Å². The highest BCUT2D eigenvalue weighted by Gasteiger charge is 2.49. The number of fused-ring (bicyclic) bond motifs is 2. The zero-order valence-electron chi connectivity index (χ0n) is 21.7. The molecule has 0 spiro atoms. The first-order chi connectivity index (χ1) is 15.7. The van der Waals surface area contributed by atoms with E-state index < -0.39 is 23.5 Å². The standard InChI is InChI=1S/C28H44O6/c1-18(2)14-25-20(4)10-9-13-27(7,31)28(32)17-19(3)15-23(34-28)11-8-12-24(29)22(6)21(5)16-26(30)33-25/h8-9,12-13,16,18,20,22-25,29,31-32H,3,10-11,14-15,17H2,1-2,4-7H3/b12-8+,13-9+,21-16+/t20-,22-,23+,24+,25-,27-,28+/m1/s1. The number of rotatable bonds is 2. The van der Waals surface area contributed by atoms with Gasteiger partial charge in [0.25, 0.3) is 0 Å². The number of hydrogen-bond acceptors (Lipinski definition) is 6. The molecule has 0 aromatic rings. The molecule has 0 radical (unpaired) electrons. The van der Waals surface area contributed by atoms with E-state index in [2.05, 4.69) is 20.4 Å². The minimum absolute atomic E-state index is 0.00145. The van der Waals surface area contributed by atoms with E-state index in [4.69, 9.17) is 9.47 Å². The molecular formula is C28H44O6. The Balaban J connectivity index is 2.40. The predicted molar refractivity (Wildman–Crippen MR) is 134 cm³/mol. The second-order valence-electron chi connectivity index (χ2n) is 10.9. The molecule has 2 aliphatic rings. The second kappa shape index (κ2) is 11.8. The van der Waals surface area contributed by atoms with Gasteiger partial charge in [-0.1, -0.05) is 69.7 Å². The van der Waals surface area contributed by atoms with Gasteiger partial charge < -0.3 is 24.8 Å². The summed E-state index contributed by atoms with van der Waals surface area (Å²) in [7, 11) is 0. The summed E-state index contributed by atoms with van der Waals surface area (Å²) in [5, 5.41) is 33.0. The summed E-state index contributed by atoms with van der Waals surface area (Å²) in [5.41, 5.74) is -0.0891. The highest BCUT2D eigenvalue weighted by Crippen LogP contribution is 2.39. The van der Waals surface area contributed by atoms with Crippen LogP contribution in [0.2, 0.25) is 0 Å². The van der Waals surface area contributed by atoms with Crippen LogP contribution in [0, 0.1) is 17.8 Å².